The maximum absolute atomic E-state index is 11.8. The lowest BCUT2D eigenvalue weighted by molar-refractivity contribution is -0.142. The van der Waals surface area contributed by atoms with Crippen LogP contribution in [0.2, 0.25) is 0 Å². The molecule has 0 aromatic heterocycles. The van der Waals surface area contributed by atoms with Crippen molar-refractivity contribution in [1.82, 2.24) is 5.32 Å². The molecular formula is C13H15F2NO4. The smallest absolute Gasteiger partial charge is 0.330 e. The summed E-state index contributed by atoms with van der Waals surface area (Å²) in [6.07, 6.45) is -2.77. The molecule has 1 aromatic carbocycles. The molecule has 0 saturated carbocycles. The minimum Gasteiger partial charge on any atom is -0.479 e. The summed E-state index contributed by atoms with van der Waals surface area (Å²) in [4.78, 5) is 22.6. The second-order valence-corrected chi connectivity index (χ2v) is 3.97. The molecule has 2 N–H and O–H groups in total. The molecule has 1 rings (SSSR count). The van der Waals surface area contributed by atoms with Crippen LogP contribution in [0.3, 0.4) is 0 Å². The van der Waals surface area contributed by atoms with Crippen molar-refractivity contribution in [3.8, 4) is 0 Å². The van der Waals surface area contributed by atoms with Crippen molar-refractivity contribution >= 4 is 11.9 Å². The molecule has 1 aromatic rings. The molecule has 5 nitrogen and oxygen atoms in total. The Morgan fingerprint density at radius 1 is 1.25 bits per heavy atom. The van der Waals surface area contributed by atoms with Crippen LogP contribution >= 0.6 is 0 Å². The van der Waals surface area contributed by atoms with Crippen molar-refractivity contribution in [2.45, 2.75) is 18.9 Å². The van der Waals surface area contributed by atoms with Crippen molar-refractivity contribution < 1.29 is 28.2 Å². The number of amides is 1. The van der Waals surface area contributed by atoms with Crippen LogP contribution in [0.1, 0.15) is 18.0 Å². The first kappa shape index (κ1) is 16.0. The van der Waals surface area contributed by atoms with Crippen LogP contribution in [0.5, 0.6) is 0 Å². The Morgan fingerprint density at radius 3 is 2.45 bits per heavy atom. The van der Waals surface area contributed by atoms with Gasteiger partial charge in [0.2, 0.25) is 5.91 Å². The van der Waals surface area contributed by atoms with E-state index in [0.717, 1.165) is 0 Å². The lowest BCUT2D eigenvalue weighted by Crippen LogP contribution is -2.34. The van der Waals surface area contributed by atoms with E-state index in [0.29, 0.717) is 5.56 Å². The van der Waals surface area contributed by atoms with Gasteiger partial charge in [0.05, 0.1) is 6.61 Å². The SMILES string of the molecule is O=C(CCOCC(F)F)N[C@@H](C(=O)O)c1ccccc1. The summed E-state index contributed by atoms with van der Waals surface area (Å²) in [5.41, 5.74) is 0.432. The van der Waals surface area contributed by atoms with Crippen molar-refractivity contribution in [3.05, 3.63) is 35.9 Å². The van der Waals surface area contributed by atoms with E-state index in [1.807, 2.05) is 0 Å². The van der Waals surface area contributed by atoms with Gasteiger partial charge >= 0.3 is 5.97 Å². The number of carbonyl (C=O) groups excluding carboxylic acids is 1. The number of carbonyl (C=O) groups is 2. The summed E-state index contributed by atoms with van der Waals surface area (Å²) in [6, 6.07) is 7.02. The van der Waals surface area contributed by atoms with Gasteiger partial charge < -0.3 is 15.2 Å². The van der Waals surface area contributed by atoms with Gasteiger partial charge in [-0.15, -0.1) is 0 Å². The number of carboxylic acids is 1. The fraction of sp³-hybridized carbons (Fsp3) is 0.385. The molecule has 0 heterocycles. The Balaban J connectivity index is 2.46. The Labute approximate surface area is 114 Å². The van der Waals surface area contributed by atoms with E-state index in [2.05, 4.69) is 10.1 Å². The third kappa shape index (κ3) is 5.75. The summed E-state index contributed by atoms with van der Waals surface area (Å²) >= 11 is 0. The van der Waals surface area contributed by atoms with Crippen LogP contribution in [0.4, 0.5) is 8.78 Å². The Bertz CT molecular complexity index is 439. The molecule has 0 spiro atoms. The second kappa shape index (κ2) is 8.21. The van der Waals surface area contributed by atoms with E-state index in [1.165, 1.54) is 0 Å². The average molecular weight is 287 g/mol. The molecule has 0 saturated heterocycles. The predicted molar refractivity (Wildman–Crippen MR) is 66.4 cm³/mol. The quantitative estimate of drug-likeness (QED) is 0.712. The first-order valence-corrected chi connectivity index (χ1v) is 5.93. The number of halogens is 2. The summed E-state index contributed by atoms with van der Waals surface area (Å²) in [6.45, 7) is -0.925. The summed E-state index contributed by atoms with van der Waals surface area (Å²) in [7, 11) is 0. The van der Waals surface area contributed by atoms with Gasteiger partial charge in [0, 0.05) is 6.42 Å². The van der Waals surface area contributed by atoms with Crippen LogP contribution in [-0.4, -0.2) is 36.6 Å². The fourth-order valence-electron chi connectivity index (χ4n) is 1.50. The maximum atomic E-state index is 11.8. The van der Waals surface area contributed by atoms with E-state index < -0.39 is 31.0 Å². The molecule has 0 aliphatic carbocycles. The first-order valence-electron chi connectivity index (χ1n) is 5.93. The molecule has 0 radical (unpaired) electrons. The number of alkyl halides is 2. The number of benzene rings is 1. The van der Waals surface area contributed by atoms with E-state index in [1.54, 1.807) is 30.3 Å². The zero-order valence-corrected chi connectivity index (χ0v) is 10.6. The van der Waals surface area contributed by atoms with E-state index in [-0.39, 0.29) is 13.0 Å². The van der Waals surface area contributed by atoms with Crippen LogP contribution in [0, 0.1) is 0 Å². The molecule has 20 heavy (non-hydrogen) atoms. The third-order valence-electron chi connectivity index (χ3n) is 2.40. The zero-order valence-electron chi connectivity index (χ0n) is 10.6. The predicted octanol–water partition coefficient (Wildman–Crippen LogP) is 1.60. The van der Waals surface area contributed by atoms with Crippen LogP contribution < -0.4 is 5.32 Å². The number of rotatable bonds is 8. The van der Waals surface area contributed by atoms with Crippen molar-refractivity contribution in [1.29, 1.82) is 0 Å². The van der Waals surface area contributed by atoms with E-state index >= 15 is 0 Å². The van der Waals surface area contributed by atoms with Gasteiger partial charge in [-0.2, -0.15) is 0 Å². The second-order valence-electron chi connectivity index (χ2n) is 3.97. The minimum absolute atomic E-state index is 0.177. The molecule has 0 aliphatic heterocycles. The Morgan fingerprint density at radius 2 is 1.90 bits per heavy atom. The van der Waals surface area contributed by atoms with Gasteiger partial charge in [0.25, 0.3) is 6.43 Å². The molecule has 0 aliphatic rings. The zero-order chi connectivity index (χ0) is 15.0. The lowest BCUT2D eigenvalue weighted by atomic mass is 10.1. The van der Waals surface area contributed by atoms with Crippen LogP contribution in [0.25, 0.3) is 0 Å². The molecule has 0 bridgehead atoms. The van der Waals surface area contributed by atoms with Gasteiger partial charge in [0.1, 0.15) is 6.61 Å². The van der Waals surface area contributed by atoms with Gasteiger partial charge in [-0.25, -0.2) is 13.6 Å². The van der Waals surface area contributed by atoms with Crippen molar-refractivity contribution in [2.75, 3.05) is 13.2 Å². The summed E-state index contributed by atoms with van der Waals surface area (Å²) < 4.78 is 28.1. The molecule has 1 atom stereocenters. The molecule has 1 amide bonds. The normalized spacial score (nSPS) is 12.2. The maximum Gasteiger partial charge on any atom is 0.330 e. The average Bonchev–Trinajstić information content (AvgIpc) is 2.41. The topological polar surface area (TPSA) is 75.6 Å². The molecule has 0 fully saturated rings. The van der Waals surface area contributed by atoms with Gasteiger partial charge in [-0.05, 0) is 5.56 Å². The number of ether oxygens (including phenoxy) is 1. The number of hydrogen-bond donors (Lipinski definition) is 2. The minimum atomic E-state index is -2.59. The monoisotopic (exact) mass is 287 g/mol. The molecular weight excluding hydrogens is 272 g/mol. The van der Waals surface area contributed by atoms with Gasteiger partial charge in [0.15, 0.2) is 6.04 Å². The largest absolute Gasteiger partial charge is 0.479 e. The number of hydrogen-bond acceptors (Lipinski definition) is 3. The number of carboxylic acid groups (broad SMARTS) is 1. The molecule has 7 heteroatoms. The summed E-state index contributed by atoms with van der Waals surface area (Å²) in [5.74, 6) is -1.77. The first-order chi connectivity index (χ1) is 9.50. The van der Waals surface area contributed by atoms with Crippen LogP contribution in [0.15, 0.2) is 30.3 Å². The fourth-order valence-corrected chi connectivity index (χ4v) is 1.50. The third-order valence-corrected chi connectivity index (χ3v) is 2.40. The van der Waals surface area contributed by atoms with Crippen molar-refractivity contribution in [2.24, 2.45) is 0 Å². The van der Waals surface area contributed by atoms with Gasteiger partial charge in [-0.3, -0.25) is 4.79 Å². The van der Waals surface area contributed by atoms with Gasteiger partial charge in [-0.1, -0.05) is 30.3 Å². The molecule has 0 unspecified atom stereocenters. The Kier molecular flexibility index (Phi) is 6.58. The van der Waals surface area contributed by atoms with E-state index in [9.17, 15) is 18.4 Å². The highest BCUT2D eigenvalue weighted by molar-refractivity contribution is 5.84. The number of nitrogens with one attached hydrogen (secondary N) is 1. The van der Waals surface area contributed by atoms with E-state index in [4.69, 9.17) is 5.11 Å². The standard InChI is InChI=1S/C13H15F2NO4/c14-10(15)8-20-7-6-11(17)16-12(13(18)19)9-4-2-1-3-5-9/h1-5,10,12H,6-8H2,(H,16,17)(H,18,19)/t12-/m1/s1. The Hall–Kier alpha value is -2.02. The van der Waals surface area contributed by atoms with Crippen molar-refractivity contribution in [3.63, 3.8) is 0 Å². The summed E-state index contributed by atoms with van der Waals surface area (Å²) in [5, 5.41) is 11.4. The lowest BCUT2D eigenvalue weighted by Gasteiger charge is -2.14. The highest BCUT2D eigenvalue weighted by Gasteiger charge is 2.21. The molecule has 110 valence electrons. The number of aliphatic carboxylic acids is 1. The highest BCUT2D eigenvalue weighted by atomic mass is 19.3. The van der Waals surface area contributed by atoms with Crippen LogP contribution in [-0.2, 0) is 14.3 Å². The highest BCUT2D eigenvalue weighted by Crippen LogP contribution is 2.12.